The SMILES string of the molecule is CC(=O)CCc1ccc(Cc2cc([C@@H]3O[C@H](CO)[C@@H](O)[C@H](O)[C@H]3O)ccc2C2CC2)cc1. The van der Waals surface area contributed by atoms with E-state index < -0.39 is 37.1 Å². The number of Topliss-reactive ketones (excluding diaryl/α,β-unsaturated/α-hetero) is 1. The molecular weight excluding hydrogens is 408 g/mol. The fourth-order valence-corrected chi connectivity index (χ4v) is 4.49. The number of hydrogen-bond acceptors (Lipinski definition) is 6. The maximum absolute atomic E-state index is 11.2. The predicted molar refractivity (Wildman–Crippen MR) is 119 cm³/mol. The van der Waals surface area contributed by atoms with Gasteiger partial charge in [0.25, 0.3) is 0 Å². The Bertz CT molecular complexity index is 934. The van der Waals surface area contributed by atoms with E-state index in [9.17, 15) is 25.2 Å². The highest BCUT2D eigenvalue weighted by molar-refractivity contribution is 5.75. The zero-order chi connectivity index (χ0) is 22.8. The first-order valence-electron chi connectivity index (χ1n) is 11.4. The Hall–Kier alpha value is -2.09. The molecule has 4 rings (SSSR count). The first-order valence-corrected chi connectivity index (χ1v) is 11.4. The molecule has 2 aromatic carbocycles. The number of benzene rings is 2. The van der Waals surface area contributed by atoms with Crippen LogP contribution in [0, 0.1) is 0 Å². The number of carbonyl (C=O) groups is 1. The van der Waals surface area contributed by atoms with Crippen LogP contribution in [0.1, 0.15) is 66.0 Å². The molecule has 6 heteroatoms. The predicted octanol–water partition coefficient (Wildman–Crippen LogP) is 2.19. The van der Waals surface area contributed by atoms with E-state index in [-0.39, 0.29) is 5.78 Å². The van der Waals surface area contributed by atoms with Crippen LogP contribution in [0.4, 0.5) is 0 Å². The van der Waals surface area contributed by atoms with Gasteiger partial charge in [-0.2, -0.15) is 0 Å². The van der Waals surface area contributed by atoms with Crippen LogP contribution in [-0.4, -0.2) is 57.2 Å². The molecule has 1 aliphatic carbocycles. The Kier molecular flexibility index (Phi) is 7.08. The number of carbonyl (C=O) groups excluding carboxylic acids is 1. The fourth-order valence-electron chi connectivity index (χ4n) is 4.49. The molecule has 0 bridgehead atoms. The topological polar surface area (TPSA) is 107 Å². The minimum absolute atomic E-state index is 0.188. The summed E-state index contributed by atoms with van der Waals surface area (Å²) in [6.45, 7) is 1.17. The number of ketones is 1. The van der Waals surface area contributed by atoms with Crippen LogP contribution in [0.2, 0.25) is 0 Å². The van der Waals surface area contributed by atoms with Crippen LogP contribution in [0.15, 0.2) is 42.5 Å². The first kappa shape index (κ1) is 23.1. The summed E-state index contributed by atoms with van der Waals surface area (Å²) in [6.07, 6.45) is -1.44. The van der Waals surface area contributed by atoms with Gasteiger partial charge >= 0.3 is 0 Å². The van der Waals surface area contributed by atoms with E-state index in [0.717, 1.165) is 47.9 Å². The Morgan fingerprint density at radius 3 is 2.28 bits per heavy atom. The number of aryl methyl sites for hydroxylation is 1. The summed E-state index contributed by atoms with van der Waals surface area (Å²) in [4.78, 5) is 11.2. The van der Waals surface area contributed by atoms with E-state index in [0.29, 0.717) is 12.3 Å². The number of hydrogen-bond donors (Lipinski definition) is 4. The smallest absolute Gasteiger partial charge is 0.130 e. The highest BCUT2D eigenvalue weighted by atomic mass is 16.5. The summed E-state index contributed by atoms with van der Waals surface area (Å²) in [5.41, 5.74) is 5.46. The molecule has 4 N–H and O–H groups in total. The summed E-state index contributed by atoms with van der Waals surface area (Å²) in [5.74, 6) is 0.733. The van der Waals surface area contributed by atoms with Crippen molar-refractivity contribution in [1.82, 2.24) is 0 Å². The highest BCUT2D eigenvalue weighted by Crippen LogP contribution is 2.43. The number of rotatable bonds is 8. The molecule has 0 aromatic heterocycles. The molecule has 1 aliphatic heterocycles. The van der Waals surface area contributed by atoms with Gasteiger partial charge in [0, 0.05) is 6.42 Å². The molecule has 0 unspecified atom stereocenters. The van der Waals surface area contributed by atoms with Crippen molar-refractivity contribution in [3.05, 3.63) is 70.3 Å². The van der Waals surface area contributed by atoms with Crippen LogP contribution in [0.25, 0.3) is 0 Å². The van der Waals surface area contributed by atoms with Gasteiger partial charge in [-0.3, -0.25) is 0 Å². The molecule has 5 atom stereocenters. The van der Waals surface area contributed by atoms with E-state index in [1.165, 1.54) is 5.56 Å². The molecule has 6 nitrogen and oxygen atoms in total. The molecule has 172 valence electrons. The lowest BCUT2D eigenvalue weighted by atomic mass is 9.88. The van der Waals surface area contributed by atoms with Crippen molar-refractivity contribution in [2.75, 3.05) is 6.61 Å². The van der Waals surface area contributed by atoms with Crippen molar-refractivity contribution in [3.8, 4) is 0 Å². The summed E-state index contributed by atoms with van der Waals surface area (Å²) in [5, 5.41) is 40.3. The average molecular weight is 441 g/mol. The van der Waals surface area contributed by atoms with Gasteiger partial charge in [0.15, 0.2) is 0 Å². The van der Waals surface area contributed by atoms with E-state index in [4.69, 9.17) is 4.74 Å². The largest absolute Gasteiger partial charge is 0.394 e. The van der Waals surface area contributed by atoms with Crippen molar-refractivity contribution in [2.24, 2.45) is 0 Å². The van der Waals surface area contributed by atoms with E-state index >= 15 is 0 Å². The first-order chi connectivity index (χ1) is 15.4. The molecule has 2 aromatic rings. The quantitative estimate of drug-likeness (QED) is 0.501. The van der Waals surface area contributed by atoms with E-state index in [1.54, 1.807) is 6.92 Å². The molecule has 2 fully saturated rings. The lowest BCUT2D eigenvalue weighted by molar-refractivity contribution is -0.231. The lowest BCUT2D eigenvalue weighted by Gasteiger charge is -2.40. The standard InChI is InChI=1S/C26H32O6/c1-15(28)2-3-16-4-6-17(7-5-16)12-20-13-19(10-11-21(20)18-8-9-18)26-25(31)24(30)23(29)22(14-27)32-26/h4-7,10-11,13,18,22-27,29-31H,2-3,8-9,12,14H2,1H3/t22-,23-,24+,25-,26+/m1/s1. The molecular formula is C26H32O6. The van der Waals surface area contributed by atoms with Crippen molar-refractivity contribution >= 4 is 5.78 Å². The third kappa shape index (κ3) is 5.11. The Labute approximate surface area is 188 Å². The normalized spacial score (nSPS) is 28.0. The summed E-state index contributed by atoms with van der Waals surface area (Å²) in [7, 11) is 0. The molecule has 0 amide bonds. The Morgan fingerprint density at radius 1 is 0.969 bits per heavy atom. The zero-order valence-corrected chi connectivity index (χ0v) is 18.4. The van der Waals surface area contributed by atoms with Gasteiger partial charge < -0.3 is 30.0 Å². The second kappa shape index (κ2) is 9.81. The van der Waals surface area contributed by atoms with Gasteiger partial charge in [-0.05, 0) is 66.3 Å². The average Bonchev–Trinajstić information content (AvgIpc) is 3.62. The van der Waals surface area contributed by atoms with Crippen molar-refractivity contribution in [3.63, 3.8) is 0 Å². The van der Waals surface area contributed by atoms with Gasteiger partial charge in [-0.15, -0.1) is 0 Å². The van der Waals surface area contributed by atoms with Crippen LogP contribution < -0.4 is 0 Å². The zero-order valence-electron chi connectivity index (χ0n) is 18.4. The van der Waals surface area contributed by atoms with Crippen LogP contribution >= 0.6 is 0 Å². The van der Waals surface area contributed by atoms with Gasteiger partial charge in [-0.1, -0.05) is 42.5 Å². The summed E-state index contributed by atoms with van der Waals surface area (Å²) >= 11 is 0. The third-order valence-corrected chi connectivity index (χ3v) is 6.59. The van der Waals surface area contributed by atoms with Gasteiger partial charge in [0.05, 0.1) is 6.61 Å². The molecule has 0 radical (unpaired) electrons. The second-order valence-electron chi connectivity index (χ2n) is 9.18. The van der Waals surface area contributed by atoms with Crippen molar-refractivity contribution < 1.29 is 30.0 Å². The summed E-state index contributed by atoms with van der Waals surface area (Å²) in [6, 6.07) is 14.3. The van der Waals surface area contributed by atoms with Gasteiger partial charge in [0.2, 0.25) is 0 Å². The molecule has 1 saturated heterocycles. The van der Waals surface area contributed by atoms with Crippen LogP contribution in [0.3, 0.4) is 0 Å². The number of aliphatic hydroxyl groups excluding tert-OH is 4. The van der Waals surface area contributed by atoms with Crippen LogP contribution in [-0.2, 0) is 22.4 Å². The molecule has 2 aliphatic rings. The maximum atomic E-state index is 11.2. The van der Waals surface area contributed by atoms with Gasteiger partial charge in [0.1, 0.15) is 36.3 Å². The van der Waals surface area contributed by atoms with Gasteiger partial charge in [-0.25, -0.2) is 0 Å². The minimum Gasteiger partial charge on any atom is -0.394 e. The van der Waals surface area contributed by atoms with Crippen LogP contribution in [0.5, 0.6) is 0 Å². The Morgan fingerprint density at radius 2 is 1.66 bits per heavy atom. The fraction of sp³-hybridized carbons (Fsp3) is 0.500. The number of ether oxygens (including phenoxy) is 1. The second-order valence-corrected chi connectivity index (χ2v) is 9.18. The Balaban J connectivity index is 1.57. The minimum atomic E-state index is -1.39. The highest BCUT2D eigenvalue weighted by Gasteiger charge is 2.44. The van der Waals surface area contributed by atoms with Crippen molar-refractivity contribution in [1.29, 1.82) is 0 Å². The van der Waals surface area contributed by atoms with Crippen molar-refractivity contribution in [2.45, 2.75) is 75.5 Å². The monoisotopic (exact) mass is 440 g/mol. The third-order valence-electron chi connectivity index (χ3n) is 6.59. The lowest BCUT2D eigenvalue weighted by Crippen LogP contribution is -2.55. The molecule has 0 spiro atoms. The molecule has 32 heavy (non-hydrogen) atoms. The maximum Gasteiger partial charge on any atom is 0.130 e. The number of aliphatic hydroxyl groups is 4. The van der Waals surface area contributed by atoms with E-state index in [1.807, 2.05) is 12.1 Å². The molecule has 1 saturated carbocycles. The van der Waals surface area contributed by atoms with E-state index in [2.05, 4.69) is 30.3 Å². The molecule has 1 heterocycles. The summed E-state index contributed by atoms with van der Waals surface area (Å²) < 4.78 is 5.76.